The quantitative estimate of drug-likeness (QED) is 0.589. The van der Waals surface area contributed by atoms with Gasteiger partial charge in [-0.1, -0.05) is 26.0 Å². The van der Waals surface area contributed by atoms with Crippen LogP contribution in [0.3, 0.4) is 0 Å². The SMILES string of the molecule is C/C=C(\C=NC)c1cccc(C(=O)C(C)C)n1. The topological polar surface area (TPSA) is 42.3 Å². The van der Waals surface area contributed by atoms with Gasteiger partial charge in [0, 0.05) is 24.8 Å². The van der Waals surface area contributed by atoms with Crippen LogP contribution in [0.5, 0.6) is 0 Å². The molecular weight excluding hydrogens is 212 g/mol. The monoisotopic (exact) mass is 230 g/mol. The molecule has 1 aromatic heterocycles. The summed E-state index contributed by atoms with van der Waals surface area (Å²) in [7, 11) is 1.71. The lowest BCUT2D eigenvalue weighted by molar-refractivity contribution is 0.0934. The zero-order chi connectivity index (χ0) is 12.8. The molecule has 1 aromatic rings. The smallest absolute Gasteiger partial charge is 0.183 e. The molecule has 17 heavy (non-hydrogen) atoms. The molecule has 0 aliphatic heterocycles. The average molecular weight is 230 g/mol. The number of aromatic nitrogens is 1. The number of nitrogens with zero attached hydrogens (tertiary/aromatic N) is 2. The van der Waals surface area contributed by atoms with E-state index in [4.69, 9.17) is 0 Å². The number of allylic oxidation sites excluding steroid dienone is 2. The van der Waals surface area contributed by atoms with Crippen LogP contribution in [0.1, 0.15) is 37.0 Å². The van der Waals surface area contributed by atoms with Crippen molar-refractivity contribution in [3.8, 4) is 0 Å². The average Bonchev–Trinajstić information content (AvgIpc) is 2.35. The number of carbonyl (C=O) groups is 1. The van der Waals surface area contributed by atoms with Crippen LogP contribution in [-0.4, -0.2) is 24.0 Å². The fourth-order valence-electron chi connectivity index (χ4n) is 1.46. The van der Waals surface area contributed by atoms with Gasteiger partial charge >= 0.3 is 0 Å². The Hall–Kier alpha value is -1.77. The van der Waals surface area contributed by atoms with E-state index in [1.54, 1.807) is 19.3 Å². The molecule has 0 unspecified atom stereocenters. The number of hydrogen-bond donors (Lipinski definition) is 0. The molecule has 0 atom stereocenters. The summed E-state index contributed by atoms with van der Waals surface area (Å²) in [4.78, 5) is 20.2. The highest BCUT2D eigenvalue weighted by molar-refractivity contribution is 6.09. The Kier molecular flexibility index (Phi) is 4.76. The number of hydrogen-bond acceptors (Lipinski definition) is 3. The van der Waals surface area contributed by atoms with Gasteiger partial charge in [-0.05, 0) is 19.1 Å². The van der Waals surface area contributed by atoms with E-state index in [0.717, 1.165) is 11.3 Å². The Bertz CT molecular complexity index is 459. The van der Waals surface area contributed by atoms with Crippen LogP contribution in [0.2, 0.25) is 0 Å². The lowest BCUT2D eigenvalue weighted by Crippen LogP contribution is -2.10. The zero-order valence-electron chi connectivity index (χ0n) is 10.8. The van der Waals surface area contributed by atoms with E-state index in [-0.39, 0.29) is 11.7 Å². The largest absolute Gasteiger partial charge is 0.296 e. The van der Waals surface area contributed by atoms with Gasteiger partial charge in [0.1, 0.15) is 5.69 Å². The predicted octanol–water partition coefficient (Wildman–Crippen LogP) is 3.02. The first-order chi connectivity index (χ1) is 8.10. The van der Waals surface area contributed by atoms with Gasteiger partial charge in [0.2, 0.25) is 0 Å². The normalized spacial score (nSPS) is 12.4. The number of Topliss-reactive ketones (excluding diaryl/α,β-unsaturated/α-hetero) is 1. The van der Waals surface area contributed by atoms with Crippen molar-refractivity contribution < 1.29 is 4.79 Å². The summed E-state index contributed by atoms with van der Waals surface area (Å²) in [6.45, 7) is 5.68. The van der Waals surface area contributed by atoms with Crippen molar-refractivity contribution in [2.75, 3.05) is 7.05 Å². The van der Waals surface area contributed by atoms with E-state index in [1.165, 1.54) is 0 Å². The van der Waals surface area contributed by atoms with E-state index in [1.807, 2.05) is 39.0 Å². The summed E-state index contributed by atoms with van der Waals surface area (Å²) in [6, 6.07) is 5.49. The molecule has 1 heterocycles. The minimum atomic E-state index is -0.0355. The third-order valence-corrected chi connectivity index (χ3v) is 2.40. The maximum atomic E-state index is 11.8. The molecule has 0 spiro atoms. The number of rotatable bonds is 4. The van der Waals surface area contributed by atoms with E-state index < -0.39 is 0 Å². The van der Waals surface area contributed by atoms with E-state index in [2.05, 4.69) is 9.98 Å². The molecule has 3 nitrogen and oxygen atoms in total. The van der Waals surface area contributed by atoms with Crippen molar-refractivity contribution in [1.29, 1.82) is 0 Å². The van der Waals surface area contributed by atoms with E-state index in [0.29, 0.717) is 5.69 Å². The van der Waals surface area contributed by atoms with Crippen molar-refractivity contribution in [1.82, 2.24) is 4.98 Å². The molecule has 0 bridgehead atoms. The maximum absolute atomic E-state index is 11.8. The predicted molar refractivity (Wildman–Crippen MR) is 71.5 cm³/mol. The zero-order valence-corrected chi connectivity index (χ0v) is 10.8. The van der Waals surface area contributed by atoms with Gasteiger partial charge in [-0.15, -0.1) is 0 Å². The molecule has 0 aromatic carbocycles. The minimum Gasteiger partial charge on any atom is -0.296 e. The molecule has 0 aliphatic carbocycles. The van der Waals surface area contributed by atoms with Crippen molar-refractivity contribution in [3.05, 3.63) is 35.7 Å². The standard InChI is InChI=1S/C14H18N2O/c1-5-11(9-15-4)12-7-6-8-13(16-12)14(17)10(2)3/h5-10H,1-4H3/b11-5+,15-9?. The summed E-state index contributed by atoms with van der Waals surface area (Å²) in [6.07, 6.45) is 3.67. The van der Waals surface area contributed by atoms with Crippen LogP contribution in [0.25, 0.3) is 5.57 Å². The summed E-state index contributed by atoms with van der Waals surface area (Å²) < 4.78 is 0. The van der Waals surface area contributed by atoms with E-state index >= 15 is 0 Å². The summed E-state index contributed by atoms with van der Waals surface area (Å²) in [5.41, 5.74) is 2.22. The van der Waals surface area contributed by atoms with Crippen molar-refractivity contribution in [3.63, 3.8) is 0 Å². The fourth-order valence-corrected chi connectivity index (χ4v) is 1.46. The highest BCUT2D eigenvalue weighted by Crippen LogP contribution is 2.12. The van der Waals surface area contributed by atoms with Gasteiger partial charge in [-0.3, -0.25) is 9.79 Å². The lowest BCUT2D eigenvalue weighted by atomic mass is 10.0. The summed E-state index contributed by atoms with van der Waals surface area (Å²) in [5, 5.41) is 0. The molecule has 0 amide bonds. The second-order valence-electron chi connectivity index (χ2n) is 4.06. The number of aliphatic imine (C=N–C) groups is 1. The third kappa shape index (κ3) is 3.34. The molecule has 0 fully saturated rings. The minimum absolute atomic E-state index is 0.0355. The van der Waals surface area contributed by atoms with Crippen LogP contribution in [0, 0.1) is 5.92 Å². The molecule has 0 radical (unpaired) electrons. The Morgan fingerprint density at radius 2 is 2.00 bits per heavy atom. The first kappa shape index (κ1) is 13.3. The highest BCUT2D eigenvalue weighted by Gasteiger charge is 2.12. The number of ketones is 1. The van der Waals surface area contributed by atoms with Gasteiger partial charge < -0.3 is 0 Å². The first-order valence-electron chi connectivity index (χ1n) is 5.70. The second kappa shape index (κ2) is 6.09. The number of carbonyl (C=O) groups excluding carboxylic acids is 1. The molecule has 1 rings (SSSR count). The Labute approximate surface area is 102 Å². The Balaban J connectivity index is 3.13. The van der Waals surface area contributed by atoms with Crippen molar-refractivity contribution in [2.24, 2.45) is 10.9 Å². The van der Waals surface area contributed by atoms with Gasteiger partial charge in [0.25, 0.3) is 0 Å². The van der Waals surface area contributed by atoms with Crippen LogP contribution < -0.4 is 0 Å². The molecule has 0 N–H and O–H groups in total. The fraction of sp³-hybridized carbons (Fsp3) is 0.357. The van der Waals surface area contributed by atoms with Crippen LogP contribution in [-0.2, 0) is 0 Å². The molecule has 0 saturated carbocycles. The van der Waals surface area contributed by atoms with Gasteiger partial charge in [-0.25, -0.2) is 4.98 Å². The van der Waals surface area contributed by atoms with Crippen LogP contribution in [0.4, 0.5) is 0 Å². The highest BCUT2D eigenvalue weighted by atomic mass is 16.1. The van der Waals surface area contributed by atoms with Crippen LogP contribution >= 0.6 is 0 Å². The Morgan fingerprint density at radius 3 is 2.53 bits per heavy atom. The summed E-state index contributed by atoms with van der Waals surface area (Å²) >= 11 is 0. The molecule has 0 aliphatic rings. The third-order valence-electron chi connectivity index (χ3n) is 2.40. The maximum Gasteiger partial charge on any atom is 0.183 e. The van der Waals surface area contributed by atoms with E-state index in [9.17, 15) is 4.79 Å². The van der Waals surface area contributed by atoms with Crippen LogP contribution in [0.15, 0.2) is 29.3 Å². The van der Waals surface area contributed by atoms with Gasteiger partial charge in [0.15, 0.2) is 5.78 Å². The molecule has 0 saturated heterocycles. The second-order valence-corrected chi connectivity index (χ2v) is 4.06. The Morgan fingerprint density at radius 1 is 1.35 bits per heavy atom. The first-order valence-corrected chi connectivity index (χ1v) is 5.70. The van der Waals surface area contributed by atoms with Crippen molar-refractivity contribution in [2.45, 2.75) is 20.8 Å². The molecule has 3 heteroatoms. The number of pyridine rings is 1. The van der Waals surface area contributed by atoms with Gasteiger partial charge in [-0.2, -0.15) is 0 Å². The molecular formula is C14H18N2O. The van der Waals surface area contributed by atoms with Gasteiger partial charge in [0.05, 0.1) is 5.69 Å². The summed E-state index contributed by atoms with van der Waals surface area (Å²) in [5.74, 6) is 0.0300. The lowest BCUT2D eigenvalue weighted by Gasteiger charge is -2.06. The van der Waals surface area contributed by atoms with Crippen molar-refractivity contribution >= 4 is 17.6 Å². The molecule has 90 valence electrons.